The third kappa shape index (κ3) is 2.91. The van der Waals surface area contributed by atoms with Crippen molar-refractivity contribution in [2.75, 3.05) is 32.3 Å². The fourth-order valence-corrected chi connectivity index (χ4v) is 2.61. The van der Waals surface area contributed by atoms with Crippen LogP contribution in [0.1, 0.15) is 10.4 Å². The fraction of sp³-hybridized carbons (Fsp3) is 0.250. The Hall–Kier alpha value is -3.36. The minimum absolute atomic E-state index is 0.0978. The average molecular weight is 345 g/mol. The predicted octanol–water partition coefficient (Wildman–Crippen LogP) is 2.05. The molecule has 2 heterocycles. The van der Waals surface area contributed by atoms with Crippen LogP contribution >= 0.6 is 0 Å². The smallest absolute Gasteiger partial charge is 0.286 e. The van der Waals surface area contributed by atoms with E-state index in [2.05, 4.69) is 4.98 Å². The van der Waals surface area contributed by atoms with Gasteiger partial charge in [-0.2, -0.15) is 0 Å². The number of methoxy groups -OCH3 is 2. The van der Waals surface area contributed by atoms with Gasteiger partial charge in [-0.1, -0.05) is 0 Å². The van der Waals surface area contributed by atoms with E-state index < -0.39 is 10.8 Å². The van der Waals surface area contributed by atoms with Crippen LogP contribution in [0.5, 0.6) is 17.2 Å². The van der Waals surface area contributed by atoms with Crippen LogP contribution < -0.4 is 19.1 Å². The third-order valence-electron chi connectivity index (χ3n) is 3.80. The molecule has 1 aromatic heterocycles. The zero-order valence-corrected chi connectivity index (χ0v) is 13.6. The first kappa shape index (κ1) is 16.5. The SMILES string of the molecule is COc1cc(C(=O)N2CCOc3ccncc32)c([N+](=O)[O-])cc1OC. The molecule has 0 saturated heterocycles. The number of carbonyl (C=O) groups is 1. The Balaban J connectivity index is 2.10. The van der Waals surface area contributed by atoms with E-state index >= 15 is 0 Å². The van der Waals surface area contributed by atoms with Crippen molar-refractivity contribution in [2.24, 2.45) is 0 Å². The van der Waals surface area contributed by atoms with Crippen molar-refractivity contribution in [1.29, 1.82) is 0 Å². The topological polar surface area (TPSA) is 104 Å². The summed E-state index contributed by atoms with van der Waals surface area (Å²) in [6.45, 7) is 0.535. The van der Waals surface area contributed by atoms with E-state index in [0.29, 0.717) is 11.4 Å². The molecule has 25 heavy (non-hydrogen) atoms. The third-order valence-corrected chi connectivity index (χ3v) is 3.80. The molecule has 0 fully saturated rings. The number of ether oxygens (including phenoxy) is 3. The average Bonchev–Trinajstić information content (AvgIpc) is 2.65. The molecule has 0 bridgehead atoms. The number of anilines is 1. The molecule has 1 amide bonds. The second-order valence-electron chi connectivity index (χ2n) is 5.13. The van der Waals surface area contributed by atoms with E-state index in [4.69, 9.17) is 14.2 Å². The molecule has 3 rings (SSSR count). The minimum Gasteiger partial charge on any atom is -0.493 e. The molecular formula is C16H15N3O6. The zero-order chi connectivity index (χ0) is 18.0. The van der Waals surface area contributed by atoms with Gasteiger partial charge >= 0.3 is 0 Å². The summed E-state index contributed by atoms with van der Waals surface area (Å²) in [6.07, 6.45) is 3.03. The van der Waals surface area contributed by atoms with Crippen molar-refractivity contribution in [1.82, 2.24) is 4.98 Å². The van der Waals surface area contributed by atoms with Crippen molar-refractivity contribution in [3.05, 3.63) is 46.3 Å². The Kier molecular flexibility index (Phi) is 4.38. The maximum atomic E-state index is 13.0. The molecule has 1 aliphatic heterocycles. The number of nitro groups is 1. The minimum atomic E-state index is -0.625. The lowest BCUT2D eigenvalue weighted by Crippen LogP contribution is -2.38. The van der Waals surface area contributed by atoms with E-state index in [0.717, 1.165) is 0 Å². The first-order chi connectivity index (χ1) is 12.1. The molecule has 0 aliphatic carbocycles. The summed E-state index contributed by atoms with van der Waals surface area (Å²) in [5.74, 6) is 0.369. The predicted molar refractivity (Wildman–Crippen MR) is 87.6 cm³/mol. The summed E-state index contributed by atoms with van der Waals surface area (Å²) in [5.41, 5.74) is 0.00164. The molecule has 0 radical (unpaired) electrons. The number of rotatable bonds is 4. The van der Waals surface area contributed by atoms with Gasteiger partial charge in [0.1, 0.15) is 23.6 Å². The Labute approximate surface area is 142 Å². The van der Waals surface area contributed by atoms with Crippen LogP contribution in [0.2, 0.25) is 0 Å². The van der Waals surface area contributed by atoms with Gasteiger partial charge in [-0.15, -0.1) is 0 Å². The Morgan fingerprint density at radius 1 is 1.32 bits per heavy atom. The largest absolute Gasteiger partial charge is 0.493 e. The van der Waals surface area contributed by atoms with Crippen LogP contribution in [0, 0.1) is 10.1 Å². The van der Waals surface area contributed by atoms with Gasteiger partial charge in [0.25, 0.3) is 11.6 Å². The number of carbonyl (C=O) groups excluding carboxylic acids is 1. The second kappa shape index (κ2) is 6.63. The molecule has 9 nitrogen and oxygen atoms in total. The van der Waals surface area contributed by atoms with Crippen molar-refractivity contribution < 1.29 is 23.9 Å². The monoisotopic (exact) mass is 345 g/mol. The standard InChI is InChI=1S/C16H15N3O6/c1-23-14-7-10(11(19(21)22)8-15(14)24-2)16(20)18-5-6-25-13-3-4-17-9-12(13)18/h3-4,7-9H,5-6H2,1-2H3. The number of nitrogens with zero attached hydrogens (tertiary/aromatic N) is 3. The fourth-order valence-electron chi connectivity index (χ4n) is 2.61. The lowest BCUT2D eigenvalue weighted by atomic mass is 10.1. The quantitative estimate of drug-likeness (QED) is 0.617. The summed E-state index contributed by atoms with van der Waals surface area (Å²) in [5, 5.41) is 11.4. The van der Waals surface area contributed by atoms with Gasteiger partial charge in [0, 0.05) is 18.3 Å². The van der Waals surface area contributed by atoms with Gasteiger partial charge < -0.3 is 14.2 Å². The molecule has 0 N–H and O–H groups in total. The number of hydrogen-bond donors (Lipinski definition) is 0. The lowest BCUT2D eigenvalue weighted by molar-refractivity contribution is -0.385. The number of benzene rings is 1. The van der Waals surface area contributed by atoms with Crippen LogP contribution in [0.25, 0.3) is 0 Å². The van der Waals surface area contributed by atoms with E-state index in [9.17, 15) is 14.9 Å². The number of aromatic nitrogens is 1. The first-order valence-electron chi connectivity index (χ1n) is 7.36. The van der Waals surface area contributed by atoms with Crippen molar-refractivity contribution >= 4 is 17.3 Å². The van der Waals surface area contributed by atoms with Crippen molar-refractivity contribution in [2.45, 2.75) is 0 Å². The van der Waals surface area contributed by atoms with Crippen molar-refractivity contribution in [3.8, 4) is 17.2 Å². The Bertz CT molecular complexity index is 839. The summed E-state index contributed by atoms with van der Waals surface area (Å²) in [7, 11) is 2.76. The summed E-state index contributed by atoms with van der Waals surface area (Å²) >= 11 is 0. The van der Waals surface area contributed by atoms with E-state index in [1.807, 2.05) is 0 Å². The zero-order valence-electron chi connectivity index (χ0n) is 13.6. The number of hydrogen-bond acceptors (Lipinski definition) is 7. The normalized spacial score (nSPS) is 12.8. The molecule has 0 spiro atoms. The molecule has 130 valence electrons. The molecule has 0 unspecified atom stereocenters. The van der Waals surface area contributed by atoms with Crippen LogP contribution in [0.15, 0.2) is 30.6 Å². The van der Waals surface area contributed by atoms with Gasteiger partial charge in [-0.3, -0.25) is 24.8 Å². The molecule has 2 aromatic rings. The van der Waals surface area contributed by atoms with E-state index in [-0.39, 0.29) is 35.9 Å². The highest BCUT2D eigenvalue weighted by Gasteiger charge is 2.31. The number of nitro benzene ring substituents is 1. The molecule has 1 aromatic carbocycles. The second-order valence-corrected chi connectivity index (χ2v) is 5.13. The van der Waals surface area contributed by atoms with Gasteiger partial charge in [0.05, 0.1) is 38.0 Å². The van der Waals surface area contributed by atoms with Gasteiger partial charge in [-0.25, -0.2) is 0 Å². The highest BCUT2D eigenvalue weighted by Crippen LogP contribution is 2.37. The molecule has 9 heteroatoms. The molecule has 0 saturated carbocycles. The van der Waals surface area contributed by atoms with Gasteiger partial charge in [-0.05, 0) is 0 Å². The lowest BCUT2D eigenvalue weighted by Gasteiger charge is -2.29. The van der Waals surface area contributed by atoms with Crippen molar-refractivity contribution in [3.63, 3.8) is 0 Å². The number of fused-ring (bicyclic) bond motifs is 1. The summed E-state index contributed by atoms with van der Waals surface area (Å²) < 4.78 is 15.7. The number of pyridine rings is 1. The highest BCUT2D eigenvalue weighted by atomic mass is 16.6. The maximum Gasteiger partial charge on any atom is 0.286 e. The molecule has 1 aliphatic rings. The molecule has 0 atom stereocenters. The van der Waals surface area contributed by atoms with Gasteiger partial charge in [0.15, 0.2) is 11.5 Å². The Morgan fingerprint density at radius 3 is 2.72 bits per heavy atom. The van der Waals surface area contributed by atoms with Gasteiger partial charge in [0.2, 0.25) is 0 Å². The van der Waals surface area contributed by atoms with Crippen LogP contribution in [0.4, 0.5) is 11.4 Å². The number of amides is 1. The Morgan fingerprint density at radius 2 is 2.04 bits per heavy atom. The summed E-state index contributed by atoms with van der Waals surface area (Å²) in [6, 6.07) is 4.12. The van der Waals surface area contributed by atoms with E-state index in [1.54, 1.807) is 12.3 Å². The highest BCUT2D eigenvalue weighted by molar-refractivity contribution is 6.10. The van der Waals surface area contributed by atoms with Crippen LogP contribution in [-0.2, 0) is 0 Å². The maximum absolute atomic E-state index is 13.0. The molecular weight excluding hydrogens is 330 g/mol. The summed E-state index contributed by atoms with van der Waals surface area (Å²) in [4.78, 5) is 29.2. The first-order valence-corrected chi connectivity index (χ1v) is 7.36. The van der Waals surface area contributed by atoms with Crippen LogP contribution in [-0.4, -0.2) is 43.2 Å². The van der Waals surface area contributed by atoms with E-state index in [1.165, 1.54) is 37.4 Å². The van der Waals surface area contributed by atoms with Crippen LogP contribution in [0.3, 0.4) is 0 Å².